The number of carbonyl (C=O) groups is 4. The number of esters is 1. The highest BCUT2D eigenvalue weighted by Gasteiger charge is 2.71. The topological polar surface area (TPSA) is 177 Å². The van der Waals surface area contributed by atoms with Gasteiger partial charge in [-0.05, 0) is 44.9 Å². The highest BCUT2D eigenvalue weighted by molar-refractivity contribution is 6.39. The number of epoxide rings is 1. The SMILES string of the molecule is COc1cc2cc(c1Cl)N(C)C(=O)C(O)(Cl)[C@H](OC(=O)[C@@](C)(Cl)N(C)C(C)=O)[C@]1(C)O[C@H]1[C@H](C)[C@@H]1C[C@@](O)(NC(=O)O1)C(OC)/C=C/C=C(\C)C2. The average molecular weight is 777 g/mol. The van der Waals surface area contributed by atoms with Crippen LogP contribution in [0, 0.1) is 5.92 Å². The number of hydrogen-bond acceptors (Lipinski definition) is 11. The van der Waals surface area contributed by atoms with E-state index >= 15 is 0 Å². The molecule has 4 rings (SSSR count). The molecule has 3 heterocycles. The average Bonchev–Trinajstić information content (AvgIpc) is 3.74. The summed E-state index contributed by atoms with van der Waals surface area (Å²) in [5, 5.41) is 23.1. The van der Waals surface area contributed by atoms with Crippen LogP contribution in [0.4, 0.5) is 10.5 Å². The molecule has 0 spiro atoms. The molecular formula is C34H44Cl3N3O11. The number of nitrogens with one attached hydrogen (secondary N) is 1. The van der Waals surface area contributed by atoms with Crippen molar-refractivity contribution in [2.75, 3.05) is 33.2 Å². The number of benzene rings is 1. The Labute approximate surface area is 311 Å². The molecule has 2 unspecified atom stereocenters. The molecule has 1 aromatic rings. The van der Waals surface area contributed by atoms with Gasteiger partial charge in [0.15, 0.2) is 11.8 Å². The van der Waals surface area contributed by atoms with Crippen LogP contribution in [0.2, 0.25) is 5.02 Å². The standard InChI is InChI=1S/C34H44Cl3N3O11/c1-17-11-10-12-24(48-9)33(45)16-23(49-30(44)38-33)18(2)26-31(4,51-26)27(50-29(43)32(5,36)40(7)19(3)41)34(37,46)28(42)39(6)21-14-20(13-17)15-22(47-8)25(21)35/h10-12,14-15,18,23-24,26-27,45-46H,13,16H2,1-9H3,(H,38,44)/b12-10+,17-11+/t18-,23+,24?,26+,27-,31-,32+,33+,34?/m1/s1. The first-order valence-corrected chi connectivity index (χ1v) is 17.1. The van der Waals surface area contributed by atoms with Crippen molar-refractivity contribution in [1.82, 2.24) is 10.2 Å². The summed E-state index contributed by atoms with van der Waals surface area (Å²) in [6.07, 6.45) is -0.698. The first-order valence-electron chi connectivity index (χ1n) is 16.0. The van der Waals surface area contributed by atoms with Crippen molar-refractivity contribution in [2.45, 2.75) is 93.3 Å². The van der Waals surface area contributed by atoms with Gasteiger partial charge in [-0.15, -0.1) is 0 Å². The van der Waals surface area contributed by atoms with E-state index in [-0.39, 0.29) is 22.9 Å². The van der Waals surface area contributed by atoms with Gasteiger partial charge in [0.05, 0.1) is 18.9 Å². The van der Waals surface area contributed by atoms with E-state index in [2.05, 4.69) is 5.32 Å². The summed E-state index contributed by atoms with van der Waals surface area (Å²) in [5.41, 5.74) is -2.04. The smallest absolute Gasteiger partial charge is 0.409 e. The number of amides is 3. The number of nitrogens with zero attached hydrogens (tertiary/aromatic N) is 2. The Morgan fingerprint density at radius 3 is 2.45 bits per heavy atom. The number of ether oxygens (including phenoxy) is 5. The van der Waals surface area contributed by atoms with Gasteiger partial charge in [0.2, 0.25) is 10.9 Å². The number of hydrogen-bond donors (Lipinski definition) is 3. The number of fused-ring (bicyclic) bond motifs is 5. The van der Waals surface area contributed by atoms with Gasteiger partial charge in [0.1, 0.15) is 28.6 Å². The minimum absolute atomic E-state index is 0.0279. The number of methoxy groups -OCH3 is 2. The van der Waals surface area contributed by atoms with Crippen LogP contribution in [-0.4, -0.2) is 113 Å². The molecule has 3 amide bonds. The highest BCUT2D eigenvalue weighted by Crippen LogP contribution is 2.52. The number of carbonyl (C=O) groups excluding carboxylic acids is 4. The van der Waals surface area contributed by atoms with Gasteiger partial charge < -0.3 is 43.7 Å². The molecule has 0 aromatic heterocycles. The molecular weight excluding hydrogens is 733 g/mol. The second-order valence-electron chi connectivity index (χ2n) is 13.5. The number of likely N-dealkylation sites (N-methyl/N-ethyl adjacent to an activating group) is 2. The monoisotopic (exact) mass is 775 g/mol. The second kappa shape index (κ2) is 14.7. The van der Waals surface area contributed by atoms with E-state index in [9.17, 15) is 29.4 Å². The maximum atomic E-state index is 14.3. The molecule has 0 radical (unpaired) electrons. The Morgan fingerprint density at radius 1 is 1.22 bits per heavy atom. The maximum absolute atomic E-state index is 14.3. The van der Waals surface area contributed by atoms with E-state index in [0.29, 0.717) is 12.0 Å². The molecule has 3 aliphatic heterocycles. The van der Waals surface area contributed by atoms with E-state index in [1.807, 2.05) is 6.92 Å². The van der Waals surface area contributed by atoms with Gasteiger partial charge in [-0.1, -0.05) is 65.5 Å². The van der Waals surface area contributed by atoms with Gasteiger partial charge in [-0.3, -0.25) is 14.9 Å². The molecule has 3 aliphatic rings. The van der Waals surface area contributed by atoms with Gasteiger partial charge >= 0.3 is 12.1 Å². The van der Waals surface area contributed by atoms with Crippen molar-refractivity contribution < 1.29 is 53.1 Å². The number of alkyl halides is 2. The summed E-state index contributed by atoms with van der Waals surface area (Å²) in [6.45, 7) is 7.32. The largest absolute Gasteiger partial charge is 0.495 e. The molecule has 14 nitrogen and oxygen atoms in total. The van der Waals surface area contributed by atoms with Crippen LogP contribution in [0.25, 0.3) is 0 Å². The molecule has 17 heteroatoms. The first kappa shape index (κ1) is 40.7. The van der Waals surface area contributed by atoms with E-state index in [4.69, 9.17) is 58.5 Å². The van der Waals surface area contributed by atoms with Gasteiger partial charge in [-0.2, -0.15) is 0 Å². The molecule has 1 aromatic carbocycles. The number of rotatable bonds is 5. The van der Waals surface area contributed by atoms with Crippen molar-refractivity contribution in [2.24, 2.45) is 5.92 Å². The highest BCUT2D eigenvalue weighted by atomic mass is 35.5. The van der Waals surface area contributed by atoms with E-state index in [1.165, 1.54) is 49.1 Å². The lowest BCUT2D eigenvalue weighted by Crippen LogP contribution is -2.64. The maximum Gasteiger partial charge on any atom is 0.409 e. The lowest BCUT2D eigenvalue weighted by Gasteiger charge is -2.42. The van der Waals surface area contributed by atoms with Crippen LogP contribution >= 0.6 is 34.8 Å². The van der Waals surface area contributed by atoms with Crippen LogP contribution in [0.5, 0.6) is 5.75 Å². The minimum atomic E-state index is -3.04. The Balaban J connectivity index is 1.90. The molecule has 3 N–H and O–H groups in total. The summed E-state index contributed by atoms with van der Waals surface area (Å²) in [7, 11) is 5.37. The van der Waals surface area contributed by atoms with Gasteiger partial charge in [0, 0.05) is 40.5 Å². The van der Waals surface area contributed by atoms with Crippen molar-refractivity contribution in [1.29, 1.82) is 0 Å². The normalized spacial score (nSPS) is 35.5. The van der Waals surface area contributed by atoms with Crippen molar-refractivity contribution >= 4 is 64.4 Å². The van der Waals surface area contributed by atoms with E-state index < -0.39 is 75.6 Å². The van der Waals surface area contributed by atoms with E-state index in [1.54, 1.807) is 37.3 Å². The zero-order valence-corrected chi connectivity index (χ0v) is 32.1. The van der Waals surface area contributed by atoms with E-state index in [0.717, 1.165) is 15.4 Å². The molecule has 51 heavy (non-hydrogen) atoms. The van der Waals surface area contributed by atoms with Crippen LogP contribution in [0.3, 0.4) is 0 Å². The predicted molar refractivity (Wildman–Crippen MR) is 188 cm³/mol. The Bertz CT molecular complexity index is 1640. The lowest BCUT2D eigenvalue weighted by atomic mass is 9.83. The molecule has 0 saturated carbocycles. The summed E-state index contributed by atoms with van der Waals surface area (Å²) < 4.78 is 28.5. The minimum Gasteiger partial charge on any atom is -0.495 e. The summed E-state index contributed by atoms with van der Waals surface area (Å²) in [4.78, 5) is 52.7. The Hall–Kier alpha value is -3.11. The second-order valence-corrected chi connectivity index (χ2v) is 15.2. The van der Waals surface area contributed by atoms with Crippen molar-refractivity contribution in [3.05, 3.63) is 46.5 Å². The van der Waals surface area contributed by atoms with Crippen LogP contribution in [-0.2, 0) is 39.8 Å². The predicted octanol–water partition coefficient (Wildman–Crippen LogP) is 3.64. The van der Waals surface area contributed by atoms with Gasteiger partial charge in [0.25, 0.3) is 11.0 Å². The van der Waals surface area contributed by atoms with Crippen LogP contribution < -0.4 is 15.0 Å². The fourth-order valence-electron chi connectivity index (χ4n) is 6.44. The fourth-order valence-corrected chi connectivity index (χ4v) is 7.31. The zero-order chi connectivity index (χ0) is 38.4. The summed E-state index contributed by atoms with van der Waals surface area (Å²) in [5.74, 6) is -3.51. The zero-order valence-electron chi connectivity index (χ0n) is 29.8. The summed E-state index contributed by atoms with van der Waals surface area (Å²) in [6, 6.07) is 3.29. The molecule has 282 valence electrons. The molecule has 0 aliphatic carbocycles. The number of alkyl carbamates (subject to hydrolysis) is 1. The number of halogens is 3. The number of anilines is 1. The number of allylic oxidation sites excluding steroid dienone is 3. The molecule has 4 bridgehead atoms. The van der Waals surface area contributed by atoms with Crippen molar-refractivity contribution in [3.8, 4) is 5.75 Å². The van der Waals surface area contributed by atoms with Crippen molar-refractivity contribution in [3.63, 3.8) is 0 Å². The first-order chi connectivity index (χ1) is 23.5. The number of aliphatic hydroxyl groups is 2. The van der Waals surface area contributed by atoms with Crippen LogP contribution in [0.1, 0.15) is 46.6 Å². The van der Waals surface area contributed by atoms with Gasteiger partial charge in [-0.25, -0.2) is 9.59 Å². The lowest BCUT2D eigenvalue weighted by molar-refractivity contribution is -0.176. The Kier molecular flexibility index (Phi) is 11.7. The quantitative estimate of drug-likeness (QED) is 0.172. The third-order valence-electron chi connectivity index (χ3n) is 9.75. The third kappa shape index (κ3) is 7.82. The summed E-state index contributed by atoms with van der Waals surface area (Å²) >= 11 is 19.9. The molecule has 9 atom stereocenters. The molecule has 2 fully saturated rings. The van der Waals surface area contributed by atoms with Crippen LogP contribution in [0.15, 0.2) is 35.9 Å². The third-order valence-corrected chi connectivity index (χ3v) is 10.9. The molecule has 2 saturated heterocycles. The Morgan fingerprint density at radius 2 is 1.86 bits per heavy atom. The fraction of sp³-hybridized carbons (Fsp3) is 0.588.